The lowest BCUT2D eigenvalue weighted by molar-refractivity contribution is 0.448. The van der Waals surface area contributed by atoms with E-state index in [1.807, 2.05) is 60.7 Å². The van der Waals surface area contributed by atoms with Crippen molar-refractivity contribution in [2.75, 3.05) is 0 Å². The molecule has 0 fully saturated rings. The van der Waals surface area contributed by atoms with Gasteiger partial charge in [-0.3, -0.25) is 0 Å². The van der Waals surface area contributed by atoms with Crippen molar-refractivity contribution < 1.29 is 10.2 Å². The van der Waals surface area contributed by atoms with Gasteiger partial charge < -0.3 is 10.2 Å². The molecule has 0 heterocycles. The monoisotopic (exact) mass is 275 g/mol. The van der Waals surface area contributed by atoms with Crippen molar-refractivity contribution in [2.24, 2.45) is 0 Å². The molecule has 0 spiro atoms. The van der Waals surface area contributed by atoms with Crippen LogP contribution in [0.3, 0.4) is 0 Å². The van der Waals surface area contributed by atoms with Crippen molar-refractivity contribution in [1.82, 2.24) is 0 Å². The van der Waals surface area contributed by atoms with Crippen LogP contribution in [0.4, 0.5) is 0 Å². The maximum atomic E-state index is 10.2. The molecule has 2 heteroatoms. The third kappa shape index (κ3) is 2.75. The molecular formula is C19H15O2. The molecule has 2 nitrogen and oxygen atoms in total. The Labute approximate surface area is 123 Å². The second-order valence-corrected chi connectivity index (χ2v) is 4.81. The fourth-order valence-electron chi connectivity index (χ4n) is 2.42. The van der Waals surface area contributed by atoms with E-state index in [-0.39, 0.29) is 11.5 Å². The molecule has 0 aromatic heterocycles. The summed E-state index contributed by atoms with van der Waals surface area (Å²) in [5, 5.41) is 19.7. The largest absolute Gasteiger partial charge is 0.508 e. The minimum absolute atomic E-state index is 0.0525. The maximum Gasteiger partial charge on any atom is 0.123 e. The Hall–Kier alpha value is -2.74. The predicted molar refractivity (Wildman–Crippen MR) is 83.2 cm³/mol. The van der Waals surface area contributed by atoms with Gasteiger partial charge in [-0.1, -0.05) is 66.7 Å². The van der Waals surface area contributed by atoms with Gasteiger partial charge in [-0.05, 0) is 17.2 Å². The van der Waals surface area contributed by atoms with Crippen LogP contribution in [-0.2, 0) is 0 Å². The van der Waals surface area contributed by atoms with Gasteiger partial charge in [-0.2, -0.15) is 0 Å². The molecule has 3 aromatic rings. The minimum atomic E-state index is 0.0525. The van der Waals surface area contributed by atoms with Gasteiger partial charge in [0.2, 0.25) is 0 Å². The Balaban J connectivity index is 2.17. The molecule has 0 saturated heterocycles. The van der Waals surface area contributed by atoms with Gasteiger partial charge in [0.1, 0.15) is 11.5 Å². The quantitative estimate of drug-likeness (QED) is 0.706. The summed E-state index contributed by atoms with van der Waals surface area (Å²) in [6, 6.07) is 24.5. The zero-order valence-corrected chi connectivity index (χ0v) is 11.4. The average molecular weight is 275 g/mol. The third-order valence-corrected chi connectivity index (χ3v) is 3.38. The van der Waals surface area contributed by atoms with Gasteiger partial charge >= 0.3 is 0 Å². The molecular weight excluding hydrogens is 260 g/mol. The summed E-state index contributed by atoms with van der Waals surface area (Å²) in [6.45, 7) is 0. The Morgan fingerprint density at radius 1 is 0.619 bits per heavy atom. The SMILES string of the molecule is Oc1ccc([C](c2ccccc2)c2ccccc2)c(O)c1. The van der Waals surface area contributed by atoms with E-state index in [1.54, 1.807) is 12.1 Å². The smallest absolute Gasteiger partial charge is 0.123 e. The van der Waals surface area contributed by atoms with E-state index < -0.39 is 0 Å². The Bertz CT molecular complexity index is 682. The van der Waals surface area contributed by atoms with Crippen molar-refractivity contribution in [1.29, 1.82) is 0 Å². The van der Waals surface area contributed by atoms with E-state index >= 15 is 0 Å². The topological polar surface area (TPSA) is 40.5 Å². The molecule has 103 valence electrons. The van der Waals surface area contributed by atoms with Crippen LogP contribution in [0.15, 0.2) is 78.9 Å². The first-order chi connectivity index (χ1) is 10.3. The minimum Gasteiger partial charge on any atom is -0.508 e. The molecule has 0 aliphatic heterocycles. The van der Waals surface area contributed by atoms with Gasteiger partial charge in [0, 0.05) is 11.6 Å². The summed E-state index contributed by atoms with van der Waals surface area (Å²) in [7, 11) is 0. The first-order valence-electron chi connectivity index (χ1n) is 6.76. The number of hydrogen-bond acceptors (Lipinski definition) is 2. The fourth-order valence-corrected chi connectivity index (χ4v) is 2.42. The van der Waals surface area contributed by atoms with Crippen LogP contribution in [0.1, 0.15) is 16.7 Å². The lowest BCUT2D eigenvalue weighted by atomic mass is 9.85. The van der Waals surface area contributed by atoms with Crippen LogP contribution >= 0.6 is 0 Å². The highest BCUT2D eigenvalue weighted by molar-refractivity contribution is 5.62. The number of rotatable bonds is 3. The van der Waals surface area contributed by atoms with E-state index in [0.29, 0.717) is 5.56 Å². The van der Waals surface area contributed by atoms with Crippen LogP contribution in [-0.4, -0.2) is 10.2 Å². The molecule has 2 N–H and O–H groups in total. The lowest BCUT2D eigenvalue weighted by Gasteiger charge is -2.19. The first-order valence-corrected chi connectivity index (χ1v) is 6.76. The van der Waals surface area contributed by atoms with Crippen LogP contribution in [0.25, 0.3) is 0 Å². The van der Waals surface area contributed by atoms with Crippen LogP contribution in [0.2, 0.25) is 0 Å². The Morgan fingerprint density at radius 2 is 1.14 bits per heavy atom. The van der Waals surface area contributed by atoms with E-state index in [1.165, 1.54) is 6.07 Å². The molecule has 21 heavy (non-hydrogen) atoms. The van der Waals surface area contributed by atoms with Gasteiger partial charge in [-0.25, -0.2) is 0 Å². The maximum absolute atomic E-state index is 10.2. The molecule has 0 aliphatic carbocycles. The van der Waals surface area contributed by atoms with E-state index in [9.17, 15) is 10.2 Å². The van der Waals surface area contributed by atoms with Crippen LogP contribution in [0.5, 0.6) is 11.5 Å². The molecule has 3 aromatic carbocycles. The molecule has 0 atom stereocenters. The van der Waals surface area contributed by atoms with Crippen LogP contribution < -0.4 is 0 Å². The van der Waals surface area contributed by atoms with Crippen molar-refractivity contribution >= 4 is 0 Å². The number of hydrogen-bond donors (Lipinski definition) is 2. The summed E-state index contributed by atoms with van der Waals surface area (Å²) in [5.74, 6) is 1.06. The number of aromatic hydroxyl groups is 2. The van der Waals surface area contributed by atoms with Gasteiger partial charge in [0.15, 0.2) is 0 Å². The summed E-state index contributed by atoms with van der Waals surface area (Å²) < 4.78 is 0. The highest BCUT2D eigenvalue weighted by atomic mass is 16.3. The number of benzene rings is 3. The first kappa shape index (κ1) is 13.3. The van der Waals surface area contributed by atoms with E-state index in [2.05, 4.69) is 0 Å². The van der Waals surface area contributed by atoms with Gasteiger partial charge in [0.05, 0.1) is 5.92 Å². The van der Waals surface area contributed by atoms with Gasteiger partial charge in [0.25, 0.3) is 0 Å². The predicted octanol–water partition coefficient (Wildman–Crippen LogP) is 4.12. The summed E-state index contributed by atoms with van der Waals surface area (Å²) in [4.78, 5) is 0. The standard InChI is InChI=1S/C19H15O2/c20-16-11-12-17(18(21)13-16)19(14-7-3-1-4-8-14)15-9-5-2-6-10-15/h1-13,20-21H. The molecule has 0 unspecified atom stereocenters. The van der Waals surface area contributed by atoms with Crippen molar-refractivity contribution in [3.05, 3.63) is 101 Å². The zero-order valence-electron chi connectivity index (χ0n) is 11.4. The van der Waals surface area contributed by atoms with Crippen molar-refractivity contribution in [2.45, 2.75) is 0 Å². The molecule has 0 bridgehead atoms. The van der Waals surface area contributed by atoms with Crippen molar-refractivity contribution in [3.8, 4) is 11.5 Å². The average Bonchev–Trinajstić information content (AvgIpc) is 2.52. The normalized spacial score (nSPS) is 10.7. The fraction of sp³-hybridized carbons (Fsp3) is 0. The number of phenols is 2. The molecule has 3 rings (SSSR count). The summed E-state index contributed by atoms with van der Waals surface area (Å²) >= 11 is 0. The summed E-state index contributed by atoms with van der Waals surface area (Å²) in [6.07, 6.45) is 0. The highest BCUT2D eigenvalue weighted by Gasteiger charge is 2.20. The summed E-state index contributed by atoms with van der Waals surface area (Å²) in [5.41, 5.74) is 2.74. The van der Waals surface area contributed by atoms with Crippen LogP contribution in [0, 0.1) is 5.92 Å². The molecule has 1 radical (unpaired) electrons. The second-order valence-electron chi connectivity index (χ2n) is 4.81. The second kappa shape index (κ2) is 5.71. The zero-order chi connectivity index (χ0) is 14.7. The van der Waals surface area contributed by atoms with E-state index in [0.717, 1.165) is 17.0 Å². The Kier molecular flexibility index (Phi) is 3.61. The van der Waals surface area contributed by atoms with Gasteiger partial charge in [-0.15, -0.1) is 0 Å². The molecule has 0 saturated carbocycles. The molecule has 0 amide bonds. The lowest BCUT2D eigenvalue weighted by Crippen LogP contribution is -2.04. The Morgan fingerprint density at radius 3 is 1.62 bits per heavy atom. The highest BCUT2D eigenvalue weighted by Crippen LogP contribution is 2.37. The molecule has 0 aliphatic rings. The number of phenolic OH excluding ortho intramolecular Hbond substituents is 2. The van der Waals surface area contributed by atoms with E-state index in [4.69, 9.17) is 0 Å². The third-order valence-electron chi connectivity index (χ3n) is 3.38. The van der Waals surface area contributed by atoms with Crippen molar-refractivity contribution in [3.63, 3.8) is 0 Å².